The molecule has 98 valence electrons. The van der Waals surface area contributed by atoms with Gasteiger partial charge in [0.2, 0.25) is 11.7 Å². The van der Waals surface area contributed by atoms with E-state index in [1.54, 1.807) is 13.0 Å². The van der Waals surface area contributed by atoms with Crippen LogP contribution in [0.2, 0.25) is 0 Å². The summed E-state index contributed by atoms with van der Waals surface area (Å²) in [6.07, 6.45) is 3.91. The van der Waals surface area contributed by atoms with E-state index in [9.17, 15) is 9.59 Å². The van der Waals surface area contributed by atoms with Gasteiger partial charge in [-0.05, 0) is 19.8 Å². The normalized spacial score (nSPS) is 16.7. The van der Waals surface area contributed by atoms with Gasteiger partial charge in [0.05, 0.1) is 15.0 Å². The Morgan fingerprint density at radius 1 is 1.44 bits per heavy atom. The van der Waals surface area contributed by atoms with Crippen molar-refractivity contribution >= 4 is 35.1 Å². The van der Waals surface area contributed by atoms with E-state index in [1.165, 1.54) is 4.90 Å². The first-order chi connectivity index (χ1) is 8.47. The molecule has 1 saturated heterocycles. The predicted octanol–water partition coefficient (Wildman–Crippen LogP) is 3.43. The number of allylic oxidation sites excluding steroid dienone is 2. The quantitative estimate of drug-likeness (QED) is 0.726. The lowest BCUT2D eigenvalue weighted by Gasteiger charge is -2.27. The van der Waals surface area contributed by atoms with Crippen molar-refractivity contribution in [2.24, 2.45) is 0 Å². The average Bonchev–Trinajstić information content (AvgIpc) is 2.34. The summed E-state index contributed by atoms with van der Waals surface area (Å²) in [5.74, 6) is -0.302. The molecule has 18 heavy (non-hydrogen) atoms. The monoisotopic (exact) mass is 285 g/mol. The molecule has 0 atom stereocenters. The maximum Gasteiger partial charge on any atom is 0.227 e. The number of likely N-dealkylation sites (tertiary alicyclic amines) is 1. The van der Waals surface area contributed by atoms with E-state index in [0.717, 1.165) is 24.6 Å². The van der Waals surface area contributed by atoms with Crippen molar-refractivity contribution in [2.75, 3.05) is 6.54 Å². The van der Waals surface area contributed by atoms with Crippen LogP contribution in [0, 0.1) is 0 Å². The maximum absolute atomic E-state index is 12.2. The van der Waals surface area contributed by atoms with E-state index < -0.39 is 0 Å². The minimum atomic E-state index is -0.264. The number of nitrogens with zero attached hydrogens (tertiary/aromatic N) is 1. The van der Waals surface area contributed by atoms with Crippen molar-refractivity contribution in [3.8, 4) is 0 Å². The Bertz CT molecular complexity index is 429. The van der Waals surface area contributed by atoms with Gasteiger partial charge in [0.1, 0.15) is 0 Å². The summed E-state index contributed by atoms with van der Waals surface area (Å²) in [5, 5.41) is 0. The molecule has 1 aliphatic rings. The van der Waals surface area contributed by atoms with E-state index in [4.69, 9.17) is 11.6 Å². The van der Waals surface area contributed by atoms with Gasteiger partial charge in [-0.25, -0.2) is 0 Å². The summed E-state index contributed by atoms with van der Waals surface area (Å²) in [6, 6.07) is 0. The zero-order valence-electron chi connectivity index (χ0n) is 10.4. The van der Waals surface area contributed by atoms with Gasteiger partial charge in [0, 0.05) is 13.0 Å². The summed E-state index contributed by atoms with van der Waals surface area (Å²) in [7, 11) is 0. The van der Waals surface area contributed by atoms with Gasteiger partial charge in [0.25, 0.3) is 0 Å². The summed E-state index contributed by atoms with van der Waals surface area (Å²) in [5.41, 5.74) is 0.221. The van der Waals surface area contributed by atoms with Crippen molar-refractivity contribution in [1.82, 2.24) is 4.90 Å². The molecule has 0 aromatic carbocycles. The summed E-state index contributed by atoms with van der Waals surface area (Å²) < 4.78 is 0.314. The topological polar surface area (TPSA) is 37.4 Å². The van der Waals surface area contributed by atoms with E-state index in [-0.39, 0.29) is 17.4 Å². The molecule has 0 saturated carbocycles. The van der Waals surface area contributed by atoms with E-state index in [0.29, 0.717) is 22.2 Å². The van der Waals surface area contributed by atoms with Crippen LogP contribution >= 0.6 is 23.4 Å². The van der Waals surface area contributed by atoms with Gasteiger partial charge < -0.3 is 4.90 Å². The first-order valence-corrected chi connectivity index (χ1v) is 6.89. The third-order valence-electron chi connectivity index (χ3n) is 2.62. The molecule has 1 rings (SSSR count). The van der Waals surface area contributed by atoms with Crippen molar-refractivity contribution in [1.29, 1.82) is 0 Å². The number of rotatable bonds is 5. The number of halogens is 1. The molecule has 1 amide bonds. The highest BCUT2D eigenvalue weighted by Gasteiger charge is 2.26. The highest BCUT2D eigenvalue weighted by atomic mass is 35.5. The molecule has 0 spiro atoms. The zero-order valence-corrected chi connectivity index (χ0v) is 11.9. The molecule has 0 aromatic heterocycles. The van der Waals surface area contributed by atoms with Crippen LogP contribution in [0.4, 0.5) is 0 Å². The lowest BCUT2D eigenvalue weighted by Crippen LogP contribution is -2.37. The first-order valence-electron chi connectivity index (χ1n) is 5.70. The first kappa shape index (κ1) is 15.1. The highest BCUT2D eigenvalue weighted by molar-refractivity contribution is 8.09. The Kier molecular flexibility index (Phi) is 5.69. The van der Waals surface area contributed by atoms with Gasteiger partial charge in [-0.1, -0.05) is 42.6 Å². The highest BCUT2D eigenvalue weighted by Crippen LogP contribution is 2.30. The van der Waals surface area contributed by atoms with Crippen LogP contribution in [-0.4, -0.2) is 23.1 Å². The largest absolute Gasteiger partial charge is 0.309 e. The van der Waals surface area contributed by atoms with Crippen LogP contribution in [-0.2, 0) is 9.59 Å². The fraction of sp³-hybridized carbons (Fsp3) is 0.385. The molecule has 0 radical (unpaired) electrons. The Morgan fingerprint density at radius 3 is 2.61 bits per heavy atom. The number of hydrogen-bond acceptors (Lipinski definition) is 3. The van der Waals surface area contributed by atoms with Gasteiger partial charge in [-0.3, -0.25) is 9.59 Å². The molecule has 1 heterocycles. The third kappa shape index (κ3) is 3.75. The zero-order chi connectivity index (χ0) is 13.7. The van der Waals surface area contributed by atoms with E-state index in [1.807, 2.05) is 0 Å². The van der Waals surface area contributed by atoms with Crippen LogP contribution in [0.5, 0.6) is 0 Å². The van der Waals surface area contributed by atoms with Crippen LogP contribution in [0.15, 0.2) is 34.2 Å². The molecule has 0 unspecified atom stereocenters. The third-order valence-corrected chi connectivity index (χ3v) is 3.71. The molecule has 1 aliphatic heterocycles. The molecule has 0 aliphatic carbocycles. The molecule has 0 aromatic rings. The molecule has 1 fully saturated rings. The number of ketones is 1. The van der Waals surface area contributed by atoms with Crippen LogP contribution in [0.25, 0.3) is 0 Å². The van der Waals surface area contributed by atoms with Crippen LogP contribution < -0.4 is 0 Å². The van der Waals surface area contributed by atoms with Gasteiger partial charge in [-0.2, -0.15) is 0 Å². The second-order valence-electron chi connectivity index (χ2n) is 3.89. The Balaban J connectivity index is 2.79. The standard InChI is InChI=1S/C13H16ClNO2S/c1-4-11(18-10(3)14)13(17)9(2)15-8-6-5-7-12(15)16/h4H,2-3,5-8H2,1H3/b11-4-. The molecule has 3 nitrogen and oxygen atoms in total. The lowest BCUT2D eigenvalue weighted by atomic mass is 10.1. The number of piperidine rings is 1. The number of hydrogen-bond donors (Lipinski definition) is 0. The van der Waals surface area contributed by atoms with Crippen molar-refractivity contribution in [3.05, 3.63) is 34.2 Å². The Hall–Kier alpha value is -1.00. The average molecular weight is 286 g/mol. The number of thioether (sulfide) groups is 1. The SMILES string of the molecule is C=C(Cl)S/C(=C\C)C(=O)C(=C)N1CCCCC1=O. The smallest absolute Gasteiger partial charge is 0.227 e. The van der Waals surface area contributed by atoms with Gasteiger partial charge >= 0.3 is 0 Å². The second-order valence-corrected chi connectivity index (χ2v) is 5.71. The molecular formula is C13H16ClNO2S. The molecular weight excluding hydrogens is 270 g/mol. The summed E-state index contributed by atoms with van der Waals surface area (Å²) in [4.78, 5) is 25.8. The second kappa shape index (κ2) is 6.81. The Morgan fingerprint density at radius 2 is 2.11 bits per heavy atom. The fourth-order valence-corrected chi connectivity index (χ4v) is 2.53. The molecule has 0 bridgehead atoms. The number of carbonyl (C=O) groups excluding carboxylic acids is 2. The maximum atomic E-state index is 12.2. The van der Waals surface area contributed by atoms with E-state index >= 15 is 0 Å². The number of carbonyl (C=O) groups is 2. The molecule has 0 N–H and O–H groups in total. The number of amides is 1. The van der Waals surface area contributed by atoms with E-state index in [2.05, 4.69) is 13.2 Å². The number of Topliss-reactive ketones (excluding diaryl/α,β-unsaturated/α-hetero) is 1. The van der Waals surface area contributed by atoms with Crippen molar-refractivity contribution in [2.45, 2.75) is 26.2 Å². The van der Waals surface area contributed by atoms with Gasteiger partial charge in [0.15, 0.2) is 0 Å². The molecule has 5 heteroatoms. The van der Waals surface area contributed by atoms with Crippen molar-refractivity contribution < 1.29 is 9.59 Å². The minimum Gasteiger partial charge on any atom is -0.309 e. The van der Waals surface area contributed by atoms with Crippen LogP contribution in [0.3, 0.4) is 0 Å². The summed E-state index contributed by atoms with van der Waals surface area (Å²) in [6.45, 7) is 9.57. The van der Waals surface area contributed by atoms with Crippen molar-refractivity contribution in [3.63, 3.8) is 0 Å². The predicted molar refractivity (Wildman–Crippen MR) is 76.1 cm³/mol. The Labute approximate surface area is 117 Å². The van der Waals surface area contributed by atoms with Crippen LogP contribution in [0.1, 0.15) is 26.2 Å². The fourth-order valence-electron chi connectivity index (χ4n) is 1.71. The summed E-state index contributed by atoms with van der Waals surface area (Å²) >= 11 is 6.76. The van der Waals surface area contributed by atoms with Gasteiger partial charge in [-0.15, -0.1) is 0 Å². The minimum absolute atomic E-state index is 0.0373. The lowest BCUT2D eigenvalue weighted by molar-refractivity contribution is -0.133.